The molecule has 0 spiro atoms. The van der Waals surface area contributed by atoms with Crippen molar-refractivity contribution < 1.29 is 32.2 Å². The molecule has 5 nitrogen and oxygen atoms in total. The van der Waals surface area contributed by atoms with Gasteiger partial charge in [-0.2, -0.15) is 13.2 Å². The molecular weight excluding hydrogens is 267 g/mol. The van der Waals surface area contributed by atoms with Gasteiger partial charge in [-0.3, -0.25) is 4.79 Å². The van der Waals surface area contributed by atoms with Crippen molar-refractivity contribution in [3.8, 4) is 5.75 Å². The number of nitrogens with one attached hydrogen (secondary N) is 1. The summed E-state index contributed by atoms with van der Waals surface area (Å²) < 4.78 is 45.5. The summed E-state index contributed by atoms with van der Waals surface area (Å²) in [5.74, 6) is -2.80. The van der Waals surface area contributed by atoms with Crippen LogP contribution in [0.25, 0.3) is 0 Å². The minimum Gasteiger partial charge on any atom is -0.496 e. The second-order valence-electron chi connectivity index (χ2n) is 3.36. The van der Waals surface area contributed by atoms with E-state index in [0.717, 1.165) is 13.2 Å². The number of methoxy groups -OCH3 is 2. The van der Waals surface area contributed by atoms with Gasteiger partial charge in [-0.25, -0.2) is 4.79 Å². The van der Waals surface area contributed by atoms with Gasteiger partial charge in [0.05, 0.1) is 14.2 Å². The summed E-state index contributed by atoms with van der Waals surface area (Å²) in [5.41, 5.74) is -0.284. The van der Waals surface area contributed by atoms with Crippen molar-refractivity contribution in [3.63, 3.8) is 0 Å². The molecule has 0 aliphatic heterocycles. The lowest BCUT2D eigenvalue weighted by Gasteiger charge is -2.11. The van der Waals surface area contributed by atoms with Gasteiger partial charge < -0.3 is 14.8 Å². The Balaban J connectivity index is 3.05. The van der Waals surface area contributed by atoms with Gasteiger partial charge in [0.2, 0.25) is 0 Å². The monoisotopic (exact) mass is 277 g/mol. The quantitative estimate of drug-likeness (QED) is 0.858. The van der Waals surface area contributed by atoms with E-state index < -0.39 is 18.1 Å². The average molecular weight is 277 g/mol. The molecule has 0 aliphatic rings. The fraction of sp³-hybridized carbons (Fsp3) is 0.273. The molecule has 8 heteroatoms. The van der Waals surface area contributed by atoms with Crippen LogP contribution in [0, 0.1) is 0 Å². The Hall–Kier alpha value is -2.25. The molecule has 1 amide bonds. The maximum atomic E-state index is 12.1. The van der Waals surface area contributed by atoms with Gasteiger partial charge in [0.15, 0.2) is 0 Å². The van der Waals surface area contributed by atoms with Crippen LogP contribution in [-0.4, -0.2) is 32.3 Å². The van der Waals surface area contributed by atoms with Crippen LogP contribution in [-0.2, 0) is 9.53 Å². The van der Waals surface area contributed by atoms with Crippen molar-refractivity contribution in [1.82, 2.24) is 0 Å². The van der Waals surface area contributed by atoms with Crippen LogP contribution in [0.1, 0.15) is 10.4 Å². The lowest BCUT2D eigenvalue weighted by molar-refractivity contribution is -0.167. The molecule has 0 aliphatic carbocycles. The van der Waals surface area contributed by atoms with Crippen LogP contribution in [0.15, 0.2) is 18.2 Å². The van der Waals surface area contributed by atoms with E-state index in [0.29, 0.717) is 0 Å². The minimum absolute atomic E-state index is 0.0926. The second kappa shape index (κ2) is 5.59. The Morgan fingerprint density at radius 2 is 1.84 bits per heavy atom. The maximum absolute atomic E-state index is 12.1. The smallest absolute Gasteiger partial charge is 0.471 e. The molecule has 0 saturated heterocycles. The highest BCUT2D eigenvalue weighted by Crippen LogP contribution is 2.25. The van der Waals surface area contributed by atoms with E-state index in [1.54, 1.807) is 5.32 Å². The van der Waals surface area contributed by atoms with E-state index in [9.17, 15) is 22.8 Å². The summed E-state index contributed by atoms with van der Waals surface area (Å²) in [6.45, 7) is 0. The molecule has 104 valence electrons. The van der Waals surface area contributed by atoms with Crippen LogP contribution in [0.5, 0.6) is 5.75 Å². The summed E-state index contributed by atoms with van der Waals surface area (Å²) in [5, 5.41) is 1.63. The van der Waals surface area contributed by atoms with Gasteiger partial charge >= 0.3 is 18.1 Å². The Morgan fingerprint density at radius 3 is 2.32 bits per heavy atom. The summed E-state index contributed by atoms with van der Waals surface area (Å²) in [4.78, 5) is 22.1. The van der Waals surface area contributed by atoms with Crippen molar-refractivity contribution in [2.45, 2.75) is 6.18 Å². The Bertz CT molecular complexity index is 499. The zero-order chi connectivity index (χ0) is 14.6. The number of carbonyl (C=O) groups excluding carboxylic acids is 2. The Morgan fingerprint density at radius 1 is 1.21 bits per heavy atom. The molecule has 0 saturated carbocycles. The molecule has 19 heavy (non-hydrogen) atoms. The molecule has 0 unspecified atom stereocenters. The number of alkyl halides is 3. The number of hydrogen-bond donors (Lipinski definition) is 1. The van der Waals surface area contributed by atoms with E-state index >= 15 is 0 Å². The summed E-state index contributed by atoms with van der Waals surface area (Å²) in [6.07, 6.45) is -5.01. The largest absolute Gasteiger partial charge is 0.496 e. The highest BCUT2D eigenvalue weighted by atomic mass is 19.4. The number of halogens is 3. The van der Waals surface area contributed by atoms with Crippen LogP contribution in [0.3, 0.4) is 0 Å². The molecule has 0 radical (unpaired) electrons. The third kappa shape index (κ3) is 3.60. The predicted octanol–water partition coefficient (Wildman–Crippen LogP) is 1.98. The first-order valence-corrected chi connectivity index (χ1v) is 4.94. The fourth-order valence-electron chi connectivity index (χ4n) is 1.26. The Labute approximate surface area is 106 Å². The number of amides is 1. The van der Waals surface area contributed by atoms with E-state index in [2.05, 4.69) is 4.74 Å². The Kier molecular flexibility index (Phi) is 4.36. The van der Waals surface area contributed by atoms with Crippen molar-refractivity contribution >= 4 is 17.6 Å². The molecular formula is C11H10F3NO4. The molecule has 0 atom stereocenters. The van der Waals surface area contributed by atoms with Crippen molar-refractivity contribution in [3.05, 3.63) is 23.8 Å². The lowest BCUT2D eigenvalue weighted by Crippen LogP contribution is -2.30. The molecule has 1 rings (SSSR count). The number of hydrogen-bond acceptors (Lipinski definition) is 4. The molecule has 1 aromatic rings. The van der Waals surface area contributed by atoms with Gasteiger partial charge in [0, 0.05) is 5.69 Å². The second-order valence-corrected chi connectivity index (χ2v) is 3.36. The van der Waals surface area contributed by atoms with Gasteiger partial charge in [-0.15, -0.1) is 0 Å². The van der Waals surface area contributed by atoms with Gasteiger partial charge in [-0.1, -0.05) is 0 Å². The number of esters is 1. The molecule has 1 N–H and O–H groups in total. The first kappa shape index (κ1) is 14.8. The molecule has 0 fully saturated rings. The number of rotatable bonds is 3. The van der Waals surface area contributed by atoms with Crippen LogP contribution in [0.4, 0.5) is 18.9 Å². The van der Waals surface area contributed by atoms with Crippen LogP contribution >= 0.6 is 0 Å². The predicted molar refractivity (Wildman–Crippen MR) is 59.0 cm³/mol. The van der Waals surface area contributed by atoms with Crippen LogP contribution in [0.2, 0.25) is 0 Å². The normalized spacial score (nSPS) is 10.8. The molecule has 1 aromatic carbocycles. The van der Waals surface area contributed by atoms with E-state index in [1.807, 2.05) is 0 Å². The highest BCUT2D eigenvalue weighted by Gasteiger charge is 2.38. The lowest BCUT2D eigenvalue weighted by atomic mass is 10.1. The van der Waals surface area contributed by atoms with Crippen molar-refractivity contribution in [2.75, 3.05) is 19.5 Å². The molecule has 0 aromatic heterocycles. The van der Waals surface area contributed by atoms with E-state index in [-0.39, 0.29) is 17.0 Å². The van der Waals surface area contributed by atoms with Gasteiger partial charge in [-0.05, 0) is 18.2 Å². The van der Waals surface area contributed by atoms with Gasteiger partial charge in [0.1, 0.15) is 11.3 Å². The van der Waals surface area contributed by atoms with Crippen LogP contribution < -0.4 is 10.1 Å². The molecule has 0 heterocycles. The van der Waals surface area contributed by atoms with Crippen molar-refractivity contribution in [2.24, 2.45) is 0 Å². The summed E-state index contributed by atoms with van der Waals surface area (Å²) in [7, 11) is 2.40. The van der Waals surface area contributed by atoms with Gasteiger partial charge in [0.25, 0.3) is 0 Å². The first-order chi connectivity index (χ1) is 8.79. The average Bonchev–Trinajstić information content (AvgIpc) is 2.36. The standard InChI is InChI=1S/C11H10F3NO4/c1-18-8-4-3-6(5-7(8)9(16)19-2)15-10(17)11(12,13)14/h3-5H,1-2H3,(H,15,17). The number of ether oxygens (including phenoxy) is 2. The van der Waals surface area contributed by atoms with E-state index in [4.69, 9.17) is 4.74 Å². The first-order valence-electron chi connectivity index (χ1n) is 4.94. The highest BCUT2D eigenvalue weighted by molar-refractivity contribution is 5.98. The van der Waals surface area contributed by atoms with Crippen molar-refractivity contribution in [1.29, 1.82) is 0 Å². The fourth-order valence-corrected chi connectivity index (χ4v) is 1.26. The number of benzene rings is 1. The number of anilines is 1. The third-order valence-electron chi connectivity index (χ3n) is 2.12. The summed E-state index contributed by atoms with van der Waals surface area (Å²) in [6, 6.07) is 3.46. The molecule has 0 bridgehead atoms. The zero-order valence-electron chi connectivity index (χ0n) is 10.00. The van der Waals surface area contributed by atoms with E-state index in [1.165, 1.54) is 19.2 Å². The minimum atomic E-state index is -5.01. The zero-order valence-corrected chi connectivity index (χ0v) is 10.00. The topological polar surface area (TPSA) is 64.6 Å². The maximum Gasteiger partial charge on any atom is 0.471 e. The SMILES string of the molecule is COC(=O)c1cc(NC(=O)C(F)(F)F)ccc1OC. The third-order valence-corrected chi connectivity index (χ3v) is 2.12. The summed E-state index contributed by atoms with van der Waals surface area (Å²) >= 11 is 0. The number of carbonyl (C=O) groups is 2.